The van der Waals surface area contributed by atoms with Gasteiger partial charge in [0.15, 0.2) is 0 Å². The molecule has 0 saturated carbocycles. The van der Waals surface area contributed by atoms with Gasteiger partial charge in [-0.25, -0.2) is 0 Å². The normalized spacial score (nSPS) is 15.2. The van der Waals surface area contributed by atoms with Crippen molar-refractivity contribution < 1.29 is 9.59 Å². The van der Waals surface area contributed by atoms with Crippen LogP contribution in [0.3, 0.4) is 0 Å². The molecule has 1 aliphatic heterocycles. The predicted octanol–water partition coefficient (Wildman–Crippen LogP) is 0.824. The van der Waals surface area contributed by atoms with Gasteiger partial charge in [-0.1, -0.05) is 6.07 Å². The molecule has 96 valence electrons. The van der Waals surface area contributed by atoms with Crippen molar-refractivity contribution in [2.45, 2.75) is 19.3 Å². The minimum absolute atomic E-state index is 0.0148. The number of nitrogens with one attached hydrogen (secondary N) is 1. The van der Waals surface area contributed by atoms with Crippen molar-refractivity contribution in [1.29, 1.82) is 0 Å². The second-order valence-corrected chi connectivity index (χ2v) is 4.34. The standard InChI is InChI=1S/C13H17N3O2/c17-12(16-8-4-1-5-9-16)10-15-13(18)11-6-2-3-7-14-11/h2-3,6-7H,1,4-5,8-10H2,(H,15,18). The first-order valence-electron chi connectivity index (χ1n) is 6.24. The van der Waals surface area contributed by atoms with Crippen LogP contribution in [0.1, 0.15) is 29.8 Å². The molecule has 5 nitrogen and oxygen atoms in total. The zero-order chi connectivity index (χ0) is 12.8. The molecule has 0 bridgehead atoms. The van der Waals surface area contributed by atoms with E-state index >= 15 is 0 Å². The van der Waals surface area contributed by atoms with Gasteiger partial charge in [-0.05, 0) is 31.4 Å². The highest BCUT2D eigenvalue weighted by atomic mass is 16.2. The summed E-state index contributed by atoms with van der Waals surface area (Å²) in [5.41, 5.74) is 0.337. The summed E-state index contributed by atoms with van der Waals surface area (Å²) in [7, 11) is 0. The van der Waals surface area contributed by atoms with Crippen LogP contribution in [0.25, 0.3) is 0 Å². The molecular formula is C13H17N3O2. The van der Waals surface area contributed by atoms with Crippen LogP contribution in [-0.4, -0.2) is 41.3 Å². The fourth-order valence-electron chi connectivity index (χ4n) is 2.00. The van der Waals surface area contributed by atoms with Crippen LogP contribution in [0, 0.1) is 0 Å². The molecule has 1 aromatic heterocycles. The van der Waals surface area contributed by atoms with Crippen LogP contribution in [-0.2, 0) is 4.79 Å². The van der Waals surface area contributed by atoms with Crippen molar-refractivity contribution in [3.8, 4) is 0 Å². The third-order valence-corrected chi connectivity index (χ3v) is 3.01. The maximum atomic E-state index is 11.8. The van der Waals surface area contributed by atoms with Gasteiger partial charge >= 0.3 is 0 Å². The zero-order valence-corrected chi connectivity index (χ0v) is 10.3. The van der Waals surface area contributed by atoms with E-state index in [0.29, 0.717) is 5.69 Å². The highest BCUT2D eigenvalue weighted by Crippen LogP contribution is 2.08. The highest BCUT2D eigenvalue weighted by Gasteiger charge is 2.17. The van der Waals surface area contributed by atoms with Gasteiger partial charge in [-0.2, -0.15) is 0 Å². The fraction of sp³-hybridized carbons (Fsp3) is 0.462. The Kier molecular flexibility index (Phi) is 4.28. The number of amides is 2. The number of aromatic nitrogens is 1. The lowest BCUT2D eigenvalue weighted by Crippen LogP contribution is -2.42. The van der Waals surface area contributed by atoms with Gasteiger partial charge in [0.05, 0.1) is 6.54 Å². The zero-order valence-electron chi connectivity index (χ0n) is 10.3. The van der Waals surface area contributed by atoms with Crippen molar-refractivity contribution in [2.24, 2.45) is 0 Å². The molecule has 18 heavy (non-hydrogen) atoms. The lowest BCUT2D eigenvalue weighted by Gasteiger charge is -2.26. The monoisotopic (exact) mass is 247 g/mol. The first kappa shape index (κ1) is 12.5. The van der Waals surface area contributed by atoms with E-state index in [2.05, 4.69) is 10.3 Å². The molecule has 0 unspecified atom stereocenters. The average Bonchev–Trinajstić information content (AvgIpc) is 2.46. The Balaban J connectivity index is 1.80. The number of carbonyl (C=O) groups excluding carboxylic acids is 2. The summed E-state index contributed by atoms with van der Waals surface area (Å²) in [6.07, 6.45) is 4.85. The van der Waals surface area contributed by atoms with E-state index in [0.717, 1.165) is 25.9 Å². The number of nitrogens with zero attached hydrogens (tertiary/aromatic N) is 2. The van der Waals surface area contributed by atoms with Gasteiger partial charge in [0.25, 0.3) is 5.91 Å². The van der Waals surface area contributed by atoms with Crippen molar-refractivity contribution in [2.75, 3.05) is 19.6 Å². The number of piperidine rings is 1. The van der Waals surface area contributed by atoms with Crippen LogP contribution in [0.15, 0.2) is 24.4 Å². The topological polar surface area (TPSA) is 62.3 Å². The molecule has 0 aromatic carbocycles. The lowest BCUT2D eigenvalue weighted by molar-refractivity contribution is -0.130. The third kappa shape index (κ3) is 3.29. The number of pyridine rings is 1. The van der Waals surface area contributed by atoms with Crippen molar-refractivity contribution >= 4 is 11.8 Å². The van der Waals surface area contributed by atoms with Gasteiger partial charge in [-0.3, -0.25) is 14.6 Å². The van der Waals surface area contributed by atoms with E-state index in [1.165, 1.54) is 6.42 Å². The van der Waals surface area contributed by atoms with E-state index in [4.69, 9.17) is 0 Å². The summed E-state index contributed by atoms with van der Waals surface area (Å²) in [5, 5.41) is 2.60. The van der Waals surface area contributed by atoms with Crippen LogP contribution < -0.4 is 5.32 Å². The van der Waals surface area contributed by atoms with Gasteiger partial charge in [0.2, 0.25) is 5.91 Å². The Morgan fingerprint density at radius 1 is 1.22 bits per heavy atom. The number of hydrogen-bond acceptors (Lipinski definition) is 3. The molecule has 0 atom stereocenters. The smallest absolute Gasteiger partial charge is 0.270 e. The summed E-state index contributed by atoms with van der Waals surface area (Å²) in [6, 6.07) is 5.12. The Bertz CT molecular complexity index is 414. The van der Waals surface area contributed by atoms with E-state index in [9.17, 15) is 9.59 Å². The van der Waals surface area contributed by atoms with Crippen LogP contribution in [0.5, 0.6) is 0 Å². The molecule has 1 N–H and O–H groups in total. The van der Waals surface area contributed by atoms with E-state index in [1.54, 1.807) is 24.4 Å². The number of likely N-dealkylation sites (tertiary alicyclic amines) is 1. The van der Waals surface area contributed by atoms with Gasteiger partial charge < -0.3 is 10.2 Å². The second kappa shape index (κ2) is 6.14. The molecular weight excluding hydrogens is 230 g/mol. The number of rotatable bonds is 3. The summed E-state index contributed by atoms with van der Waals surface area (Å²) in [5.74, 6) is -0.319. The summed E-state index contributed by atoms with van der Waals surface area (Å²) in [4.78, 5) is 29.3. The number of hydrogen-bond donors (Lipinski definition) is 1. The van der Waals surface area contributed by atoms with Gasteiger partial charge in [0.1, 0.15) is 5.69 Å². The van der Waals surface area contributed by atoms with E-state index < -0.39 is 0 Å². The first-order valence-corrected chi connectivity index (χ1v) is 6.24. The minimum atomic E-state index is -0.305. The molecule has 2 rings (SSSR count). The third-order valence-electron chi connectivity index (χ3n) is 3.01. The van der Waals surface area contributed by atoms with Gasteiger partial charge in [-0.15, -0.1) is 0 Å². The Morgan fingerprint density at radius 3 is 2.67 bits per heavy atom. The maximum absolute atomic E-state index is 11.8. The lowest BCUT2D eigenvalue weighted by atomic mass is 10.1. The quantitative estimate of drug-likeness (QED) is 0.860. The second-order valence-electron chi connectivity index (χ2n) is 4.34. The van der Waals surface area contributed by atoms with Crippen LogP contribution in [0.2, 0.25) is 0 Å². The Morgan fingerprint density at radius 2 is 2.00 bits per heavy atom. The molecule has 1 saturated heterocycles. The Hall–Kier alpha value is -1.91. The van der Waals surface area contributed by atoms with Crippen LogP contribution in [0.4, 0.5) is 0 Å². The SMILES string of the molecule is O=C(NCC(=O)N1CCCCC1)c1ccccn1. The Labute approximate surface area is 106 Å². The predicted molar refractivity (Wildman–Crippen MR) is 67.0 cm³/mol. The van der Waals surface area contributed by atoms with Crippen molar-refractivity contribution in [1.82, 2.24) is 15.2 Å². The molecule has 1 aliphatic rings. The van der Waals surface area contributed by atoms with Gasteiger partial charge in [0, 0.05) is 19.3 Å². The van der Waals surface area contributed by atoms with E-state index in [-0.39, 0.29) is 18.4 Å². The molecule has 0 radical (unpaired) electrons. The summed E-state index contributed by atoms with van der Waals surface area (Å²) < 4.78 is 0. The molecule has 0 spiro atoms. The molecule has 5 heteroatoms. The molecule has 2 heterocycles. The minimum Gasteiger partial charge on any atom is -0.342 e. The first-order chi connectivity index (χ1) is 8.77. The average molecular weight is 247 g/mol. The summed E-state index contributed by atoms with van der Waals surface area (Å²) in [6.45, 7) is 1.66. The van der Waals surface area contributed by atoms with Crippen molar-refractivity contribution in [3.05, 3.63) is 30.1 Å². The molecule has 1 aromatic rings. The summed E-state index contributed by atoms with van der Waals surface area (Å²) >= 11 is 0. The van der Waals surface area contributed by atoms with E-state index in [1.807, 2.05) is 4.90 Å². The highest BCUT2D eigenvalue weighted by molar-refractivity contribution is 5.94. The molecule has 1 fully saturated rings. The maximum Gasteiger partial charge on any atom is 0.270 e. The fourth-order valence-corrected chi connectivity index (χ4v) is 2.00. The van der Waals surface area contributed by atoms with Crippen LogP contribution >= 0.6 is 0 Å². The largest absolute Gasteiger partial charge is 0.342 e. The molecule has 0 aliphatic carbocycles. The molecule has 2 amide bonds. The number of carbonyl (C=O) groups is 2. The van der Waals surface area contributed by atoms with Crippen molar-refractivity contribution in [3.63, 3.8) is 0 Å².